The largest absolute Gasteiger partial charge is 0.474 e. The molecule has 1 saturated carbocycles. The quantitative estimate of drug-likeness (QED) is 0.596. The Hall–Kier alpha value is -2.88. The number of hydrogen-bond donors (Lipinski definition) is 0. The zero-order chi connectivity index (χ0) is 22.1. The molecule has 3 aromatic heterocycles. The average molecular weight is 447 g/mol. The number of aromatic nitrogens is 4. The molecule has 10 heteroatoms. The van der Waals surface area contributed by atoms with Crippen molar-refractivity contribution in [3.8, 4) is 5.88 Å². The van der Waals surface area contributed by atoms with Gasteiger partial charge in [-0.3, -0.25) is 4.98 Å². The van der Waals surface area contributed by atoms with Gasteiger partial charge in [0.2, 0.25) is 5.88 Å². The Balaban J connectivity index is 1.33. The molecule has 0 atom stereocenters. The lowest BCUT2D eigenvalue weighted by Crippen LogP contribution is -2.36. The second-order valence-corrected chi connectivity index (χ2v) is 8.19. The van der Waals surface area contributed by atoms with Gasteiger partial charge in [-0.2, -0.15) is 18.2 Å². The molecule has 32 heavy (non-hydrogen) atoms. The molecule has 170 valence electrons. The molecule has 0 aromatic carbocycles. The van der Waals surface area contributed by atoms with Crippen LogP contribution in [0.3, 0.4) is 0 Å². The molecular formula is C22H24F3N5O2. The third kappa shape index (κ3) is 4.23. The van der Waals surface area contributed by atoms with Crippen LogP contribution in [-0.2, 0) is 10.9 Å². The van der Waals surface area contributed by atoms with Gasteiger partial charge in [0.15, 0.2) is 0 Å². The Labute approximate surface area is 183 Å². The van der Waals surface area contributed by atoms with E-state index >= 15 is 0 Å². The van der Waals surface area contributed by atoms with E-state index in [0.29, 0.717) is 44.8 Å². The Morgan fingerprint density at radius 3 is 2.62 bits per heavy atom. The first-order chi connectivity index (χ1) is 15.5. The summed E-state index contributed by atoms with van der Waals surface area (Å²) in [5, 5.41) is 0.834. The number of rotatable bonds is 4. The predicted molar refractivity (Wildman–Crippen MR) is 112 cm³/mol. The van der Waals surface area contributed by atoms with Crippen molar-refractivity contribution in [1.82, 2.24) is 19.5 Å². The fraction of sp³-hybridized carbons (Fsp3) is 0.500. The fourth-order valence-corrected chi connectivity index (χ4v) is 4.49. The van der Waals surface area contributed by atoms with Gasteiger partial charge in [-0.1, -0.05) is 0 Å². The smallest absolute Gasteiger partial charge is 0.433 e. The molecule has 0 radical (unpaired) electrons. The molecular weight excluding hydrogens is 423 g/mol. The molecule has 0 unspecified atom stereocenters. The summed E-state index contributed by atoms with van der Waals surface area (Å²) >= 11 is 0. The topological polar surface area (TPSA) is 65.3 Å². The number of nitrogens with zero attached hydrogens (tertiary/aromatic N) is 5. The fourth-order valence-electron chi connectivity index (χ4n) is 4.49. The maximum Gasteiger partial charge on any atom is 0.433 e. The van der Waals surface area contributed by atoms with Crippen molar-refractivity contribution >= 4 is 16.7 Å². The Bertz CT molecular complexity index is 1070. The number of morpholine rings is 1. The normalized spacial score (nSPS) is 22.3. The summed E-state index contributed by atoms with van der Waals surface area (Å²) in [5.74, 6) is 1.33. The van der Waals surface area contributed by atoms with E-state index in [9.17, 15) is 13.2 Å². The highest BCUT2D eigenvalue weighted by molar-refractivity contribution is 5.85. The second kappa shape index (κ2) is 8.57. The molecule has 0 amide bonds. The molecule has 1 aliphatic heterocycles. The number of anilines is 1. The van der Waals surface area contributed by atoms with Gasteiger partial charge in [-0.05, 0) is 37.8 Å². The summed E-state index contributed by atoms with van der Waals surface area (Å²) in [6.07, 6.45) is 1.86. The third-order valence-electron chi connectivity index (χ3n) is 6.16. The van der Waals surface area contributed by atoms with Gasteiger partial charge in [0.05, 0.1) is 36.6 Å². The summed E-state index contributed by atoms with van der Waals surface area (Å²) in [5.41, 5.74) is 0.111. The van der Waals surface area contributed by atoms with Crippen molar-refractivity contribution in [2.45, 2.75) is 44.0 Å². The van der Waals surface area contributed by atoms with Gasteiger partial charge in [0.1, 0.15) is 17.6 Å². The lowest BCUT2D eigenvalue weighted by atomic mass is 9.92. The minimum atomic E-state index is -4.40. The van der Waals surface area contributed by atoms with E-state index < -0.39 is 11.9 Å². The van der Waals surface area contributed by atoms with Gasteiger partial charge < -0.3 is 18.9 Å². The average Bonchev–Trinajstić information content (AvgIpc) is 3.31. The first kappa shape index (κ1) is 21.0. The Morgan fingerprint density at radius 2 is 1.88 bits per heavy atom. The van der Waals surface area contributed by atoms with Crippen LogP contribution in [0.1, 0.15) is 37.4 Å². The van der Waals surface area contributed by atoms with Crippen LogP contribution >= 0.6 is 0 Å². The first-order valence-electron chi connectivity index (χ1n) is 10.8. The maximum atomic E-state index is 13.2. The summed E-state index contributed by atoms with van der Waals surface area (Å²) in [6.45, 7) is 2.80. The minimum Gasteiger partial charge on any atom is -0.474 e. The van der Waals surface area contributed by atoms with E-state index in [2.05, 4.69) is 14.9 Å². The number of hydrogen-bond acceptors (Lipinski definition) is 6. The van der Waals surface area contributed by atoms with Crippen LogP contribution in [0, 0.1) is 0 Å². The lowest BCUT2D eigenvalue weighted by Gasteiger charge is -2.31. The van der Waals surface area contributed by atoms with E-state index in [4.69, 9.17) is 14.5 Å². The number of fused-ring (bicyclic) bond motifs is 1. The van der Waals surface area contributed by atoms with Crippen LogP contribution in [-0.4, -0.2) is 51.9 Å². The molecule has 1 aliphatic carbocycles. The zero-order valence-electron chi connectivity index (χ0n) is 17.5. The molecule has 0 spiro atoms. The maximum absolute atomic E-state index is 13.2. The summed E-state index contributed by atoms with van der Waals surface area (Å²) in [4.78, 5) is 15.1. The molecule has 2 aliphatic rings. The first-order valence-corrected chi connectivity index (χ1v) is 10.8. The van der Waals surface area contributed by atoms with E-state index in [1.54, 1.807) is 6.20 Å². The van der Waals surface area contributed by atoms with Crippen LogP contribution in [0.5, 0.6) is 5.88 Å². The number of halogens is 3. The summed E-state index contributed by atoms with van der Waals surface area (Å²) in [6, 6.07) is 5.50. The highest BCUT2D eigenvalue weighted by Crippen LogP contribution is 2.37. The van der Waals surface area contributed by atoms with Crippen molar-refractivity contribution in [3.63, 3.8) is 0 Å². The van der Waals surface area contributed by atoms with Crippen LogP contribution in [0.15, 0.2) is 36.9 Å². The van der Waals surface area contributed by atoms with Crippen molar-refractivity contribution in [2.24, 2.45) is 0 Å². The number of pyridine rings is 2. The predicted octanol–water partition coefficient (Wildman–Crippen LogP) is 4.24. The molecule has 4 heterocycles. The molecule has 7 nitrogen and oxygen atoms in total. The van der Waals surface area contributed by atoms with Crippen molar-refractivity contribution in [2.75, 3.05) is 31.2 Å². The number of imidazole rings is 1. The lowest BCUT2D eigenvalue weighted by molar-refractivity contribution is -0.144. The van der Waals surface area contributed by atoms with Gasteiger partial charge in [0, 0.05) is 31.4 Å². The van der Waals surface area contributed by atoms with Crippen LogP contribution in [0.4, 0.5) is 19.0 Å². The van der Waals surface area contributed by atoms with E-state index in [-0.39, 0.29) is 12.1 Å². The van der Waals surface area contributed by atoms with Gasteiger partial charge in [-0.15, -0.1) is 0 Å². The standard InChI is InChI=1S/C22H24F3N5O2/c23-22(24,25)19-13-26-14-30(19)15-3-5-16(6-4-15)32-21-17-2-1-7-27-18(17)12-20(28-21)29-8-10-31-11-9-29/h1-2,7,12-16H,3-6,8-11H2. The van der Waals surface area contributed by atoms with Gasteiger partial charge >= 0.3 is 6.18 Å². The van der Waals surface area contributed by atoms with Crippen molar-refractivity contribution < 1.29 is 22.6 Å². The second-order valence-electron chi connectivity index (χ2n) is 8.19. The van der Waals surface area contributed by atoms with E-state index in [1.165, 1.54) is 10.9 Å². The summed E-state index contributed by atoms with van der Waals surface area (Å²) in [7, 11) is 0. The molecule has 0 N–H and O–H groups in total. The minimum absolute atomic E-state index is 0.111. The molecule has 0 bridgehead atoms. The monoisotopic (exact) mass is 447 g/mol. The van der Waals surface area contributed by atoms with Crippen molar-refractivity contribution in [1.29, 1.82) is 0 Å². The highest BCUT2D eigenvalue weighted by atomic mass is 19.4. The Kier molecular flexibility index (Phi) is 5.62. The number of alkyl halides is 3. The zero-order valence-corrected chi connectivity index (χ0v) is 17.5. The van der Waals surface area contributed by atoms with Crippen LogP contribution in [0.25, 0.3) is 10.9 Å². The van der Waals surface area contributed by atoms with Gasteiger partial charge in [-0.25, -0.2) is 4.98 Å². The van der Waals surface area contributed by atoms with E-state index in [1.807, 2.05) is 18.2 Å². The number of ether oxygens (including phenoxy) is 2. The molecule has 3 aromatic rings. The van der Waals surface area contributed by atoms with Crippen molar-refractivity contribution in [3.05, 3.63) is 42.6 Å². The molecule has 5 rings (SSSR count). The van der Waals surface area contributed by atoms with Gasteiger partial charge in [0.25, 0.3) is 0 Å². The van der Waals surface area contributed by atoms with Crippen LogP contribution in [0.2, 0.25) is 0 Å². The Morgan fingerprint density at radius 1 is 1.09 bits per heavy atom. The molecule has 1 saturated heterocycles. The molecule has 2 fully saturated rings. The highest BCUT2D eigenvalue weighted by Gasteiger charge is 2.37. The van der Waals surface area contributed by atoms with Crippen LogP contribution < -0.4 is 9.64 Å². The van der Waals surface area contributed by atoms with E-state index in [0.717, 1.165) is 36.0 Å². The third-order valence-corrected chi connectivity index (χ3v) is 6.16. The summed E-state index contributed by atoms with van der Waals surface area (Å²) < 4.78 is 52.7. The SMILES string of the molecule is FC(F)(F)c1cncn1C1CCC(Oc2nc(N3CCOCC3)cc3ncccc23)CC1.